The topological polar surface area (TPSA) is 70.9 Å². The van der Waals surface area contributed by atoms with E-state index in [1.54, 1.807) is 0 Å². The molecule has 0 radical (unpaired) electrons. The molecule has 0 bridgehead atoms. The Bertz CT molecular complexity index is 749. The lowest BCUT2D eigenvalue weighted by Gasteiger charge is -2.13. The second-order valence-electron chi connectivity index (χ2n) is 5.01. The van der Waals surface area contributed by atoms with Crippen molar-refractivity contribution in [3.63, 3.8) is 0 Å². The van der Waals surface area contributed by atoms with E-state index < -0.39 is 0 Å². The fourth-order valence-corrected chi connectivity index (χ4v) is 2.32. The molecule has 3 aromatic rings. The molecular formula is C17H17N3O. The molecule has 1 aromatic heterocycles. The van der Waals surface area contributed by atoms with Crippen molar-refractivity contribution >= 4 is 16.8 Å². The van der Waals surface area contributed by atoms with Gasteiger partial charge in [0.1, 0.15) is 0 Å². The van der Waals surface area contributed by atoms with E-state index in [0.29, 0.717) is 12.1 Å². The Morgan fingerprint density at radius 1 is 1.14 bits per heavy atom. The first-order valence-corrected chi connectivity index (χ1v) is 6.90. The van der Waals surface area contributed by atoms with Gasteiger partial charge in [0.15, 0.2) is 0 Å². The molecule has 4 heteroatoms. The maximum absolute atomic E-state index is 12.2. The quantitative estimate of drug-likeness (QED) is 0.687. The predicted molar refractivity (Wildman–Crippen MR) is 84.0 cm³/mol. The van der Waals surface area contributed by atoms with Crippen LogP contribution in [0.2, 0.25) is 0 Å². The first-order chi connectivity index (χ1) is 10.2. The zero-order valence-electron chi connectivity index (χ0n) is 11.5. The second kappa shape index (κ2) is 5.81. The lowest BCUT2D eigenvalue weighted by Crippen LogP contribution is -2.31. The van der Waals surface area contributed by atoms with Crippen LogP contribution in [0, 0.1) is 0 Å². The second-order valence-corrected chi connectivity index (χ2v) is 5.01. The van der Waals surface area contributed by atoms with Gasteiger partial charge in [-0.1, -0.05) is 30.3 Å². The molecule has 0 aliphatic carbocycles. The number of hydrogen-bond donors (Lipinski definition) is 3. The Labute approximate surface area is 123 Å². The molecule has 1 unspecified atom stereocenters. The number of fused-ring (bicyclic) bond motifs is 1. The van der Waals surface area contributed by atoms with Crippen LogP contribution >= 0.6 is 0 Å². The van der Waals surface area contributed by atoms with E-state index in [2.05, 4.69) is 10.3 Å². The summed E-state index contributed by atoms with van der Waals surface area (Å²) in [5.74, 6) is -0.107. The van der Waals surface area contributed by atoms with E-state index in [0.717, 1.165) is 16.5 Å². The summed E-state index contributed by atoms with van der Waals surface area (Å²) >= 11 is 0. The molecule has 0 aliphatic heterocycles. The fourth-order valence-electron chi connectivity index (χ4n) is 2.32. The smallest absolute Gasteiger partial charge is 0.251 e. The molecule has 106 valence electrons. The van der Waals surface area contributed by atoms with Gasteiger partial charge in [-0.2, -0.15) is 0 Å². The van der Waals surface area contributed by atoms with Crippen molar-refractivity contribution in [1.82, 2.24) is 10.3 Å². The van der Waals surface area contributed by atoms with E-state index in [-0.39, 0.29) is 11.9 Å². The third-order valence-electron chi connectivity index (χ3n) is 3.53. The van der Waals surface area contributed by atoms with Crippen molar-refractivity contribution in [2.45, 2.75) is 6.04 Å². The number of H-pyrrole nitrogens is 1. The summed E-state index contributed by atoms with van der Waals surface area (Å²) in [6.07, 6.45) is 1.86. The first-order valence-electron chi connectivity index (χ1n) is 6.90. The lowest BCUT2D eigenvalue weighted by molar-refractivity contribution is 0.0951. The van der Waals surface area contributed by atoms with Crippen molar-refractivity contribution < 1.29 is 4.79 Å². The first kappa shape index (κ1) is 13.4. The van der Waals surface area contributed by atoms with Gasteiger partial charge in [0.2, 0.25) is 0 Å². The van der Waals surface area contributed by atoms with Gasteiger partial charge in [-0.15, -0.1) is 0 Å². The van der Waals surface area contributed by atoms with Gasteiger partial charge in [-0.25, -0.2) is 0 Å². The summed E-state index contributed by atoms with van der Waals surface area (Å²) in [6.45, 7) is 0.411. The van der Waals surface area contributed by atoms with Crippen LogP contribution in [0.1, 0.15) is 22.0 Å². The highest BCUT2D eigenvalue weighted by Gasteiger charge is 2.10. The molecule has 1 heterocycles. The predicted octanol–water partition coefficient (Wildman–Crippen LogP) is 2.60. The number of rotatable bonds is 4. The molecule has 4 nitrogen and oxygen atoms in total. The number of benzene rings is 2. The minimum Gasteiger partial charge on any atom is -0.361 e. The Morgan fingerprint density at radius 2 is 1.95 bits per heavy atom. The molecular weight excluding hydrogens is 262 g/mol. The number of nitrogens with two attached hydrogens (primary N) is 1. The van der Waals surface area contributed by atoms with Crippen LogP contribution in [0.25, 0.3) is 10.9 Å². The normalized spacial score (nSPS) is 12.2. The molecule has 4 N–H and O–H groups in total. The molecule has 0 saturated heterocycles. The Balaban J connectivity index is 1.66. The van der Waals surface area contributed by atoms with E-state index in [9.17, 15) is 4.79 Å². The number of carbonyl (C=O) groups is 1. The minimum atomic E-state index is -0.203. The highest BCUT2D eigenvalue weighted by Crippen LogP contribution is 2.14. The number of nitrogens with one attached hydrogen (secondary N) is 2. The Morgan fingerprint density at radius 3 is 2.76 bits per heavy atom. The number of amides is 1. The van der Waals surface area contributed by atoms with E-state index in [4.69, 9.17) is 5.73 Å². The van der Waals surface area contributed by atoms with E-state index in [1.807, 2.05) is 60.8 Å². The summed E-state index contributed by atoms with van der Waals surface area (Å²) in [5, 5.41) is 3.90. The lowest BCUT2D eigenvalue weighted by atomic mass is 10.1. The highest BCUT2D eigenvalue weighted by molar-refractivity contribution is 5.98. The molecule has 3 rings (SSSR count). The summed E-state index contributed by atoms with van der Waals surface area (Å²) in [5.41, 5.74) is 8.75. The van der Waals surface area contributed by atoms with Crippen LogP contribution in [0.5, 0.6) is 0 Å². The fraction of sp³-hybridized carbons (Fsp3) is 0.118. The average Bonchev–Trinajstić information content (AvgIpc) is 3.00. The van der Waals surface area contributed by atoms with Gasteiger partial charge in [0, 0.05) is 35.2 Å². The molecule has 2 aromatic carbocycles. The van der Waals surface area contributed by atoms with Gasteiger partial charge in [0.25, 0.3) is 5.91 Å². The zero-order valence-corrected chi connectivity index (χ0v) is 11.5. The van der Waals surface area contributed by atoms with Gasteiger partial charge in [0.05, 0.1) is 0 Å². The Kier molecular flexibility index (Phi) is 3.71. The average molecular weight is 279 g/mol. The van der Waals surface area contributed by atoms with Crippen molar-refractivity contribution in [2.75, 3.05) is 6.54 Å². The number of aromatic amines is 1. The van der Waals surface area contributed by atoms with Gasteiger partial charge in [-0.3, -0.25) is 4.79 Å². The standard InChI is InChI=1S/C17H17N3O/c18-15(12-4-2-1-3-5-12)11-20-17(21)14-6-7-16-13(10-14)8-9-19-16/h1-10,15,19H,11,18H2,(H,20,21). The molecule has 0 fully saturated rings. The maximum Gasteiger partial charge on any atom is 0.251 e. The molecule has 1 atom stereocenters. The van der Waals surface area contributed by atoms with Gasteiger partial charge >= 0.3 is 0 Å². The molecule has 0 saturated carbocycles. The summed E-state index contributed by atoms with van der Waals surface area (Å²) < 4.78 is 0. The molecule has 1 amide bonds. The van der Waals surface area contributed by atoms with Crippen LogP contribution < -0.4 is 11.1 Å². The highest BCUT2D eigenvalue weighted by atomic mass is 16.1. The minimum absolute atomic E-state index is 0.107. The van der Waals surface area contributed by atoms with Crippen molar-refractivity contribution in [2.24, 2.45) is 5.73 Å². The van der Waals surface area contributed by atoms with Gasteiger partial charge < -0.3 is 16.0 Å². The zero-order chi connectivity index (χ0) is 14.7. The van der Waals surface area contributed by atoms with Crippen LogP contribution in [0.4, 0.5) is 0 Å². The SMILES string of the molecule is NC(CNC(=O)c1ccc2[nH]ccc2c1)c1ccccc1. The van der Waals surface area contributed by atoms with Crippen LogP contribution in [0.15, 0.2) is 60.8 Å². The number of aromatic nitrogens is 1. The molecule has 0 aliphatic rings. The van der Waals surface area contributed by atoms with Gasteiger partial charge in [-0.05, 0) is 29.8 Å². The Hall–Kier alpha value is -2.59. The summed E-state index contributed by atoms with van der Waals surface area (Å²) in [6, 6.07) is 17.1. The van der Waals surface area contributed by atoms with E-state index >= 15 is 0 Å². The van der Waals surface area contributed by atoms with Crippen molar-refractivity contribution in [3.05, 3.63) is 71.9 Å². The maximum atomic E-state index is 12.2. The monoisotopic (exact) mass is 279 g/mol. The third-order valence-corrected chi connectivity index (χ3v) is 3.53. The largest absolute Gasteiger partial charge is 0.361 e. The van der Waals surface area contributed by atoms with E-state index in [1.165, 1.54) is 0 Å². The van der Waals surface area contributed by atoms with Crippen LogP contribution in [-0.4, -0.2) is 17.4 Å². The molecule has 21 heavy (non-hydrogen) atoms. The third kappa shape index (κ3) is 2.95. The van der Waals surface area contributed by atoms with Crippen LogP contribution in [0.3, 0.4) is 0 Å². The number of hydrogen-bond acceptors (Lipinski definition) is 2. The van der Waals surface area contributed by atoms with Crippen LogP contribution in [-0.2, 0) is 0 Å². The van der Waals surface area contributed by atoms with Crippen molar-refractivity contribution in [1.29, 1.82) is 0 Å². The molecule has 0 spiro atoms. The summed E-state index contributed by atoms with van der Waals surface area (Å²) in [7, 11) is 0. The number of carbonyl (C=O) groups excluding carboxylic acids is 1. The summed E-state index contributed by atoms with van der Waals surface area (Å²) in [4.78, 5) is 15.3. The van der Waals surface area contributed by atoms with Crippen molar-refractivity contribution in [3.8, 4) is 0 Å².